The van der Waals surface area contributed by atoms with Gasteiger partial charge in [0, 0.05) is 11.8 Å². The molecule has 24 heavy (non-hydrogen) atoms. The molecule has 0 spiro atoms. The molecule has 2 aromatic carbocycles. The smallest absolute Gasteiger partial charge is 0.234 e. The topological polar surface area (TPSA) is 67.0 Å². The number of hydrogen-bond donors (Lipinski definition) is 2. The zero-order valence-corrected chi connectivity index (χ0v) is 14.4. The fourth-order valence-corrected chi connectivity index (χ4v) is 3.09. The SMILES string of the molecule is COc1cccc(NC(=O)CSC(C)c2nc3ccccc3[nH]2)c1. The van der Waals surface area contributed by atoms with Gasteiger partial charge >= 0.3 is 0 Å². The first-order valence-electron chi connectivity index (χ1n) is 7.66. The Morgan fingerprint density at radius 3 is 2.92 bits per heavy atom. The number of nitrogens with one attached hydrogen (secondary N) is 2. The molecular formula is C18H19N3O2S. The lowest BCUT2D eigenvalue weighted by Gasteiger charge is -2.09. The maximum Gasteiger partial charge on any atom is 0.234 e. The van der Waals surface area contributed by atoms with Crippen molar-refractivity contribution < 1.29 is 9.53 Å². The Balaban J connectivity index is 1.57. The Kier molecular flexibility index (Phi) is 5.05. The molecule has 1 aromatic heterocycles. The molecular weight excluding hydrogens is 322 g/mol. The highest BCUT2D eigenvalue weighted by atomic mass is 32.2. The maximum absolute atomic E-state index is 12.1. The fraction of sp³-hybridized carbons (Fsp3) is 0.222. The third-order valence-corrected chi connectivity index (χ3v) is 4.76. The summed E-state index contributed by atoms with van der Waals surface area (Å²) in [6.45, 7) is 2.04. The first kappa shape index (κ1) is 16.4. The van der Waals surface area contributed by atoms with Crippen LogP contribution in [0.4, 0.5) is 5.69 Å². The van der Waals surface area contributed by atoms with E-state index in [4.69, 9.17) is 4.74 Å². The molecule has 0 saturated heterocycles. The number of benzene rings is 2. The van der Waals surface area contributed by atoms with E-state index in [1.807, 2.05) is 49.4 Å². The van der Waals surface area contributed by atoms with E-state index < -0.39 is 0 Å². The summed E-state index contributed by atoms with van der Waals surface area (Å²) >= 11 is 1.54. The summed E-state index contributed by atoms with van der Waals surface area (Å²) in [6, 6.07) is 15.2. The second-order valence-corrected chi connectivity index (χ2v) is 6.70. The number of methoxy groups -OCH3 is 1. The van der Waals surface area contributed by atoms with Gasteiger partial charge in [0.1, 0.15) is 11.6 Å². The lowest BCUT2D eigenvalue weighted by molar-refractivity contribution is -0.113. The molecule has 0 saturated carbocycles. The summed E-state index contributed by atoms with van der Waals surface area (Å²) in [5.74, 6) is 1.91. The van der Waals surface area contributed by atoms with Gasteiger partial charge in [0.25, 0.3) is 0 Å². The second kappa shape index (κ2) is 7.40. The summed E-state index contributed by atoms with van der Waals surface area (Å²) in [7, 11) is 1.60. The number of fused-ring (bicyclic) bond motifs is 1. The number of para-hydroxylation sites is 2. The molecule has 0 aliphatic rings. The van der Waals surface area contributed by atoms with Crippen LogP contribution >= 0.6 is 11.8 Å². The molecule has 3 aromatic rings. The number of nitrogens with zero attached hydrogens (tertiary/aromatic N) is 1. The van der Waals surface area contributed by atoms with Crippen LogP contribution in [-0.4, -0.2) is 28.7 Å². The molecule has 1 heterocycles. The number of rotatable bonds is 6. The van der Waals surface area contributed by atoms with E-state index in [0.717, 1.165) is 28.3 Å². The zero-order valence-electron chi connectivity index (χ0n) is 13.6. The van der Waals surface area contributed by atoms with Crippen LogP contribution in [0.5, 0.6) is 5.75 Å². The van der Waals surface area contributed by atoms with Crippen LogP contribution in [0.25, 0.3) is 11.0 Å². The lowest BCUT2D eigenvalue weighted by atomic mass is 10.3. The molecule has 1 atom stereocenters. The van der Waals surface area contributed by atoms with Gasteiger partial charge in [0.05, 0.1) is 29.1 Å². The van der Waals surface area contributed by atoms with Crippen LogP contribution in [0, 0.1) is 0 Å². The van der Waals surface area contributed by atoms with Crippen molar-refractivity contribution in [2.24, 2.45) is 0 Å². The average Bonchev–Trinajstić information content (AvgIpc) is 3.04. The van der Waals surface area contributed by atoms with Gasteiger partial charge in [-0.3, -0.25) is 4.79 Å². The van der Waals surface area contributed by atoms with Gasteiger partial charge in [-0.2, -0.15) is 0 Å². The van der Waals surface area contributed by atoms with Gasteiger partial charge < -0.3 is 15.0 Å². The molecule has 6 heteroatoms. The van der Waals surface area contributed by atoms with Crippen molar-refractivity contribution in [2.75, 3.05) is 18.2 Å². The molecule has 5 nitrogen and oxygen atoms in total. The normalized spacial score (nSPS) is 12.1. The van der Waals surface area contributed by atoms with Gasteiger partial charge in [0.15, 0.2) is 0 Å². The fourth-order valence-electron chi connectivity index (χ4n) is 2.34. The monoisotopic (exact) mass is 341 g/mol. The Hall–Kier alpha value is -2.47. The molecule has 0 bridgehead atoms. The predicted molar refractivity (Wildman–Crippen MR) is 98.6 cm³/mol. The average molecular weight is 341 g/mol. The number of thioether (sulfide) groups is 1. The van der Waals surface area contributed by atoms with Crippen molar-refractivity contribution in [1.82, 2.24) is 9.97 Å². The van der Waals surface area contributed by atoms with E-state index >= 15 is 0 Å². The Bertz CT molecular complexity index is 814. The number of imidazole rings is 1. The summed E-state index contributed by atoms with van der Waals surface area (Å²) in [5.41, 5.74) is 2.69. The summed E-state index contributed by atoms with van der Waals surface area (Å²) in [6.07, 6.45) is 0. The van der Waals surface area contributed by atoms with Crippen LogP contribution in [-0.2, 0) is 4.79 Å². The van der Waals surface area contributed by atoms with Crippen molar-refractivity contribution >= 4 is 34.4 Å². The minimum atomic E-state index is -0.0452. The maximum atomic E-state index is 12.1. The summed E-state index contributed by atoms with van der Waals surface area (Å²) in [5, 5.41) is 2.98. The van der Waals surface area contributed by atoms with Crippen LogP contribution in [0.1, 0.15) is 18.0 Å². The van der Waals surface area contributed by atoms with Gasteiger partial charge in [-0.25, -0.2) is 4.98 Å². The molecule has 124 valence electrons. The molecule has 3 rings (SSSR count). The number of amides is 1. The van der Waals surface area contributed by atoms with Crippen LogP contribution in [0.2, 0.25) is 0 Å². The van der Waals surface area contributed by atoms with Crippen LogP contribution in [0.15, 0.2) is 48.5 Å². The van der Waals surface area contributed by atoms with E-state index in [9.17, 15) is 4.79 Å². The number of carbonyl (C=O) groups is 1. The molecule has 0 aliphatic heterocycles. The standard InChI is InChI=1S/C18H19N3O2S/c1-12(18-20-15-8-3-4-9-16(15)21-18)24-11-17(22)19-13-6-5-7-14(10-13)23-2/h3-10,12H,11H2,1-2H3,(H,19,22)(H,20,21). The van der Waals surface area contributed by atoms with Crippen molar-refractivity contribution in [1.29, 1.82) is 0 Å². The predicted octanol–water partition coefficient (Wildman–Crippen LogP) is 4.00. The molecule has 0 radical (unpaired) electrons. The molecule has 1 unspecified atom stereocenters. The van der Waals surface area contributed by atoms with Crippen molar-refractivity contribution in [2.45, 2.75) is 12.2 Å². The second-order valence-electron chi connectivity index (χ2n) is 5.37. The van der Waals surface area contributed by atoms with E-state index in [1.54, 1.807) is 24.9 Å². The number of H-pyrrole nitrogens is 1. The number of hydrogen-bond acceptors (Lipinski definition) is 4. The number of carbonyl (C=O) groups excluding carboxylic acids is 1. The summed E-state index contributed by atoms with van der Waals surface area (Å²) in [4.78, 5) is 20.0. The number of aromatic amines is 1. The Labute approximate surface area is 144 Å². The summed E-state index contributed by atoms with van der Waals surface area (Å²) < 4.78 is 5.15. The molecule has 2 N–H and O–H groups in total. The third-order valence-electron chi connectivity index (χ3n) is 3.61. The lowest BCUT2D eigenvalue weighted by Crippen LogP contribution is -2.14. The van der Waals surface area contributed by atoms with E-state index in [0.29, 0.717) is 5.75 Å². The van der Waals surface area contributed by atoms with Crippen LogP contribution in [0.3, 0.4) is 0 Å². The number of anilines is 1. The molecule has 0 fully saturated rings. The van der Waals surface area contributed by atoms with Gasteiger partial charge in [-0.1, -0.05) is 18.2 Å². The molecule has 0 aliphatic carbocycles. The van der Waals surface area contributed by atoms with E-state index in [1.165, 1.54) is 0 Å². The zero-order chi connectivity index (χ0) is 16.9. The van der Waals surface area contributed by atoms with E-state index in [-0.39, 0.29) is 11.2 Å². The minimum Gasteiger partial charge on any atom is -0.497 e. The minimum absolute atomic E-state index is 0.0452. The van der Waals surface area contributed by atoms with Crippen LogP contribution < -0.4 is 10.1 Å². The van der Waals surface area contributed by atoms with Gasteiger partial charge in [-0.15, -0.1) is 11.8 Å². The van der Waals surface area contributed by atoms with Crippen molar-refractivity contribution in [3.8, 4) is 5.75 Å². The quantitative estimate of drug-likeness (QED) is 0.711. The highest BCUT2D eigenvalue weighted by molar-refractivity contribution is 8.00. The molecule has 1 amide bonds. The Morgan fingerprint density at radius 1 is 1.29 bits per heavy atom. The van der Waals surface area contributed by atoms with Crippen molar-refractivity contribution in [3.63, 3.8) is 0 Å². The van der Waals surface area contributed by atoms with Gasteiger partial charge in [0.2, 0.25) is 5.91 Å². The third kappa shape index (κ3) is 3.89. The number of aromatic nitrogens is 2. The largest absolute Gasteiger partial charge is 0.497 e. The highest BCUT2D eigenvalue weighted by Crippen LogP contribution is 2.27. The first-order chi connectivity index (χ1) is 11.7. The Morgan fingerprint density at radius 2 is 2.12 bits per heavy atom. The highest BCUT2D eigenvalue weighted by Gasteiger charge is 2.13. The van der Waals surface area contributed by atoms with Gasteiger partial charge in [-0.05, 0) is 31.2 Å². The number of ether oxygens (including phenoxy) is 1. The van der Waals surface area contributed by atoms with Crippen molar-refractivity contribution in [3.05, 3.63) is 54.4 Å². The first-order valence-corrected chi connectivity index (χ1v) is 8.71. The van der Waals surface area contributed by atoms with E-state index in [2.05, 4.69) is 15.3 Å².